The molecule has 4 rings (SSSR count). The molecule has 3 heterocycles. The Balaban J connectivity index is 2.16. The number of anilines is 1. The number of fused-ring (bicyclic) bond motifs is 2. The molecule has 3 nitrogen and oxygen atoms in total. The lowest BCUT2D eigenvalue weighted by atomic mass is 9.87. The van der Waals surface area contributed by atoms with E-state index in [1.165, 1.54) is 5.56 Å². The molecule has 16 heavy (non-hydrogen) atoms. The topological polar surface area (TPSA) is 29.5 Å². The number of benzene rings is 1. The zero-order chi connectivity index (χ0) is 11.1. The van der Waals surface area contributed by atoms with Gasteiger partial charge < -0.3 is 9.64 Å². The second kappa shape index (κ2) is 2.23. The highest BCUT2D eigenvalue weighted by Crippen LogP contribution is 2.58. The van der Waals surface area contributed by atoms with E-state index in [9.17, 15) is 4.79 Å². The molecule has 0 saturated carbocycles. The summed E-state index contributed by atoms with van der Waals surface area (Å²) in [4.78, 5) is 14.0. The number of rotatable bonds is 0. The smallest absolute Gasteiger partial charge is 0.267 e. The molecule has 0 N–H and O–H groups in total. The van der Waals surface area contributed by atoms with Crippen molar-refractivity contribution < 1.29 is 9.53 Å². The normalized spacial score (nSPS) is 32.8. The van der Waals surface area contributed by atoms with Crippen LogP contribution in [0.4, 0.5) is 5.69 Å². The molecule has 3 heteroatoms. The average Bonchev–Trinajstić information content (AvgIpc) is 2.88. The van der Waals surface area contributed by atoms with E-state index >= 15 is 0 Å². The maximum Gasteiger partial charge on any atom is 0.267 e. The predicted octanol–water partition coefficient (Wildman–Crippen LogP) is 1.81. The van der Waals surface area contributed by atoms with E-state index in [0.29, 0.717) is 0 Å². The summed E-state index contributed by atoms with van der Waals surface area (Å²) in [6.45, 7) is 2.05. The zero-order valence-electron chi connectivity index (χ0n) is 9.15. The molecule has 1 aromatic rings. The van der Waals surface area contributed by atoms with Gasteiger partial charge in [-0.3, -0.25) is 4.79 Å². The molecule has 0 fully saturated rings. The first kappa shape index (κ1) is 8.53. The highest BCUT2D eigenvalue weighted by molar-refractivity contribution is 6.10. The molecule has 0 aliphatic carbocycles. The van der Waals surface area contributed by atoms with Crippen LogP contribution >= 0.6 is 0 Å². The number of nitrogens with zero attached hydrogens (tertiary/aromatic N) is 1. The van der Waals surface area contributed by atoms with E-state index in [2.05, 4.69) is 19.1 Å². The van der Waals surface area contributed by atoms with Gasteiger partial charge in [0.25, 0.3) is 5.91 Å². The third kappa shape index (κ3) is 0.659. The lowest BCUT2D eigenvalue weighted by Crippen LogP contribution is -2.36. The lowest BCUT2D eigenvalue weighted by Gasteiger charge is -2.17. The largest absolute Gasteiger partial charge is 0.344 e. The van der Waals surface area contributed by atoms with Crippen molar-refractivity contribution in [2.45, 2.75) is 18.6 Å². The molecule has 1 aromatic carbocycles. The van der Waals surface area contributed by atoms with E-state index in [4.69, 9.17) is 4.74 Å². The van der Waals surface area contributed by atoms with Gasteiger partial charge in [-0.05, 0) is 30.2 Å². The number of hydrogen-bond acceptors (Lipinski definition) is 2. The Hall–Kier alpha value is -1.61. The molecular weight excluding hydrogens is 202 g/mol. The van der Waals surface area contributed by atoms with E-state index in [1.807, 2.05) is 19.2 Å². The van der Waals surface area contributed by atoms with Gasteiger partial charge >= 0.3 is 0 Å². The molecule has 2 atom stereocenters. The Labute approximate surface area is 93.3 Å². The van der Waals surface area contributed by atoms with Crippen LogP contribution in [0.15, 0.2) is 24.3 Å². The van der Waals surface area contributed by atoms with Gasteiger partial charge in [0.1, 0.15) is 6.10 Å². The summed E-state index contributed by atoms with van der Waals surface area (Å²) in [7, 11) is 1.81. The van der Waals surface area contributed by atoms with E-state index in [-0.39, 0.29) is 12.0 Å². The first-order valence-corrected chi connectivity index (χ1v) is 5.44. The van der Waals surface area contributed by atoms with Gasteiger partial charge in [0.05, 0.1) is 5.69 Å². The van der Waals surface area contributed by atoms with E-state index < -0.39 is 5.60 Å². The number of carbonyl (C=O) groups excluding carboxylic acids is 1. The summed E-state index contributed by atoms with van der Waals surface area (Å²) in [6, 6.07) is 4.19. The van der Waals surface area contributed by atoms with Gasteiger partial charge in [-0.2, -0.15) is 0 Å². The molecule has 3 aliphatic rings. The van der Waals surface area contributed by atoms with Crippen LogP contribution in [0, 0.1) is 6.92 Å². The van der Waals surface area contributed by atoms with Crippen molar-refractivity contribution in [3.8, 4) is 0 Å². The summed E-state index contributed by atoms with van der Waals surface area (Å²) in [5.74, 6) is 0.0330. The van der Waals surface area contributed by atoms with Gasteiger partial charge in [0.2, 0.25) is 0 Å². The first-order valence-electron chi connectivity index (χ1n) is 5.44. The third-order valence-corrected chi connectivity index (χ3v) is 3.77. The van der Waals surface area contributed by atoms with Crippen molar-refractivity contribution in [1.82, 2.24) is 0 Å². The van der Waals surface area contributed by atoms with Crippen molar-refractivity contribution in [1.29, 1.82) is 0 Å². The Kier molecular flexibility index (Phi) is 1.19. The highest BCUT2D eigenvalue weighted by Gasteiger charge is 2.59. The number of ether oxygens (including phenoxy) is 1. The van der Waals surface area contributed by atoms with Gasteiger partial charge in [0, 0.05) is 12.6 Å². The number of likely N-dealkylation sites (N-methyl/N-ethyl adjacent to an activating group) is 1. The molecule has 1 spiro atoms. The SMILES string of the molecule is Cc1cc2c3c(c1)N(C)C(=O)C31C=CC2O1. The zero-order valence-corrected chi connectivity index (χ0v) is 9.15. The van der Waals surface area contributed by atoms with Crippen molar-refractivity contribution in [3.05, 3.63) is 41.0 Å². The lowest BCUT2D eigenvalue weighted by molar-refractivity contribution is -0.135. The Bertz CT molecular complexity index is 576. The molecular formula is C13H11NO2. The summed E-state index contributed by atoms with van der Waals surface area (Å²) < 4.78 is 5.87. The van der Waals surface area contributed by atoms with Crippen LogP contribution in [0.2, 0.25) is 0 Å². The second-order valence-electron chi connectivity index (χ2n) is 4.75. The summed E-state index contributed by atoms with van der Waals surface area (Å²) in [5.41, 5.74) is 3.62. The fourth-order valence-corrected chi connectivity index (χ4v) is 3.09. The molecule has 2 bridgehead atoms. The molecule has 0 aromatic heterocycles. The molecule has 1 amide bonds. The molecule has 0 radical (unpaired) electrons. The van der Waals surface area contributed by atoms with Crippen molar-refractivity contribution >= 4 is 11.6 Å². The summed E-state index contributed by atoms with van der Waals surface area (Å²) in [5, 5.41) is 0. The van der Waals surface area contributed by atoms with Crippen molar-refractivity contribution in [3.63, 3.8) is 0 Å². The molecule has 80 valence electrons. The van der Waals surface area contributed by atoms with Crippen molar-refractivity contribution in [2.75, 3.05) is 11.9 Å². The molecule has 0 saturated heterocycles. The maximum atomic E-state index is 12.3. The number of hydrogen-bond donors (Lipinski definition) is 0. The minimum absolute atomic E-state index is 0.0219. The fraction of sp³-hybridized carbons (Fsp3) is 0.308. The van der Waals surface area contributed by atoms with Crippen LogP contribution in [0.5, 0.6) is 0 Å². The van der Waals surface area contributed by atoms with Crippen LogP contribution in [0.3, 0.4) is 0 Å². The van der Waals surface area contributed by atoms with Gasteiger partial charge in [0.15, 0.2) is 5.60 Å². The monoisotopic (exact) mass is 213 g/mol. The van der Waals surface area contributed by atoms with Crippen LogP contribution in [0.1, 0.15) is 22.8 Å². The van der Waals surface area contributed by atoms with Crippen LogP contribution in [0.25, 0.3) is 0 Å². The van der Waals surface area contributed by atoms with Crippen molar-refractivity contribution in [2.24, 2.45) is 0 Å². The second-order valence-corrected chi connectivity index (χ2v) is 4.75. The third-order valence-electron chi connectivity index (χ3n) is 3.77. The minimum atomic E-state index is -0.794. The van der Waals surface area contributed by atoms with Crippen LogP contribution < -0.4 is 4.90 Å². The van der Waals surface area contributed by atoms with Crippen LogP contribution in [-0.4, -0.2) is 13.0 Å². The maximum absolute atomic E-state index is 12.3. The van der Waals surface area contributed by atoms with E-state index in [0.717, 1.165) is 16.8 Å². The van der Waals surface area contributed by atoms with E-state index in [1.54, 1.807) is 4.90 Å². The molecule has 2 unspecified atom stereocenters. The van der Waals surface area contributed by atoms with Crippen LogP contribution in [-0.2, 0) is 15.1 Å². The first-order chi connectivity index (χ1) is 7.63. The standard InChI is InChI=1S/C13H11NO2/c1-7-5-8-10-3-4-13(16-10)11(8)9(6-7)14(2)12(13)15/h3-6,10H,1-2H3. The Morgan fingerprint density at radius 3 is 3.06 bits per heavy atom. The molecule has 3 aliphatic heterocycles. The minimum Gasteiger partial charge on any atom is -0.344 e. The Morgan fingerprint density at radius 2 is 2.25 bits per heavy atom. The quantitative estimate of drug-likeness (QED) is 0.615. The number of amides is 1. The Morgan fingerprint density at radius 1 is 1.44 bits per heavy atom. The number of carbonyl (C=O) groups is 1. The summed E-state index contributed by atoms with van der Waals surface area (Å²) >= 11 is 0. The highest BCUT2D eigenvalue weighted by atomic mass is 16.5. The van der Waals surface area contributed by atoms with Gasteiger partial charge in [-0.15, -0.1) is 0 Å². The average molecular weight is 213 g/mol. The fourth-order valence-electron chi connectivity index (χ4n) is 3.09. The predicted molar refractivity (Wildman–Crippen MR) is 59.2 cm³/mol. The summed E-state index contributed by atoms with van der Waals surface area (Å²) in [6.07, 6.45) is 3.87. The van der Waals surface area contributed by atoms with Gasteiger partial charge in [-0.25, -0.2) is 0 Å². The number of aryl methyl sites for hydroxylation is 1. The van der Waals surface area contributed by atoms with Gasteiger partial charge in [-0.1, -0.05) is 12.1 Å².